The van der Waals surface area contributed by atoms with Gasteiger partial charge in [0.1, 0.15) is 5.82 Å². The fourth-order valence-electron chi connectivity index (χ4n) is 2.87. The summed E-state index contributed by atoms with van der Waals surface area (Å²) in [6.45, 7) is 0. The van der Waals surface area contributed by atoms with E-state index in [0.29, 0.717) is 11.1 Å². The summed E-state index contributed by atoms with van der Waals surface area (Å²) in [5, 5.41) is 0. The molecule has 2 heterocycles. The van der Waals surface area contributed by atoms with E-state index in [0.717, 1.165) is 16.9 Å². The van der Waals surface area contributed by atoms with Crippen molar-refractivity contribution < 1.29 is 4.39 Å². The molecule has 126 valence electrons. The van der Waals surface area contributed by atoms with Crippen molar-refractivity contribution in [3.63, 3.8) is 0 Å². The molecule has 0 atom stereocenters. The highest BCUT2D eigenvalue weighted by Gasteiger charge is 2.12. The number of aromatic nitrogens is 2. The van der Waals surface area contributed by atoms with Gasteiger partial charge < -0.3 is 0 Å². The monoisotopic (exact) mass is 342 g/mol. The first kappa shape index (κ1) is 16.0. The van der Waals surface area contributed by atoms with E-state index in [1.807, 2.05) is 48.5 Å². The van der Waals surface area contributed by atoms with Gasteiger partial charge in [0, 0.05) is 29.2 Å². The molecule has 26 heavy (non-hydrogen) atoms. The van der Waals surface area contributed by atoms with Crippen molar-refractivity contribution in [3.05, 3.63) is 107 Å². The van der Waals surface area contributed by atoms with E-state index in [9.17, 15) is 9.18 Å². The van der Waals surface area contributed by atoms with Crippen LogP contribution in [0.5, 0.6) is 0 Å². The lowest BCUT2D eigenvalue weighted by atomic mass is 10.0. The summed E-state index contributed by atoms with van der Waals surface area (Å²) >= 11 is 0. The number of benzene rings is 2. The molecule has 0 amide bonds. The standard InChI is InChI=1S/C22H15FN2O/c23-18-11-9-16(10-12-18)20-14-17(21-8-4-5-13-24-21)15-25(22(20)26)19-6-2-1-3-7-19/h1-15H. The van der Waals surface area contributed by atoms with Crippen LogP contribution in [0.15, 0.2) is 96.1 Å². The molecule has 0 aliphatic rings. The van der Waals surface area contributed by atoms with Crippen molar-refractivity contribution >= 4 is 0 Å². The molecule has 0 spiro atoms. The molecule has 3 nitrogen and oxygen atoms in total. The predicted octanol–water partition coefficient (Wildman–Crippen LogP) is 4.71. The Morgan fingerprint density at radius 2 is 1.54 bits per heavy atom. The van der Waals surface area contributed by atoms with Gasteiger partial charge in [0.15, 0.2) is 0 Å². The minimum absolute atomic E-state index is 0.164. The largest absolute Gasteiger partial charge is 0.283 e. The Labute approximate surface area is 150 Å². The van der Waals surface area contributed by atoms with Crippen LogP contribution in [0.25, 0.3) is 28.1 Å². The predicted molar refractivity (Wildman–Crippen MR) is 101 cm³/mol. The van der Waals surface area contributed by atoms with Crippen molar-refractivity contribution in [3.8, 4) is 28.1 Å². The van der Waals surface area contributed by atoms with Gasteiger partial charge in [-0.1, -0.05) is 36.4 Å². The molecule has 0 saturated carbocycles. The van der Waals surface area contributed by atoms with Crippen molar-refractivity contribution in [1.29, 1.82) is 0 Å². The van der Waals surface area contributed by atoms with Crippen LogP contribution in [0.1, 0.15) is 0 Å². The first-order valence-corrected chi connectivity index (χ1v) is 8.22. The second-order valence-electron chi connectivity index (χ2n) is 5.88. The summed E-state index contributed by atoms with van der Waals surface area (Å²) in [4.78, 5) is 17.5. The lowest BCUT2D eigenvalue weighted by Crippen LogP contribution is -2.20. The molecule has 0 saturated heterocycles. The third-order valence-corrected chi connectivity index (χ3v) is 4.17. The smallest absolute Gasteiger partial charge is 0.262 e. The molecular formula is C22H15FN2O. The first-order chi connectivity index (χ1) is 12.7. The van der Waals surface area contributed by atoms with Gasteiger partial charge in [-0.15, -0.1) is 0 Å². The molecule has 0 aliphatic heterocycles. The van der Waals surface area contributed by atoms with E-state index in [2.05, 4.69) is 4.98 Å². The van der Waals surface area contributed by atoms with Crippen molar-refractivity contribution in [2.75, 3.05) is 0 Å². The average Bonchev–Trinajstić information content (AvgIpc) is 2.70. The Morgan fingerprint density at radius 3 is 2.23 bits per heavy atom. The quantitative estimate of drug-likeness (QED) is 0.541. The minimum atomic E-state index is -0.335. The number of nitrogens with zero attached hydrogens (tertiary/aromatic N) is 2. The SMILES string of the molecule is O=c1c(-c2ccc(F)cc2)cc(-c2ccccn2)cn1-c1ccccc1. The number of rotatable bonds is 3. The molecule has 0 N–H and O–H groups in total. The Balaban J connectivity index is 1.99. The highest BCUT2D eigenvalue weighted by atomic mass is 19.1. The first-order valence-electron chi connectivity index (χ1n) is 8.22. The Hall–Kier alpha value is -3.53. The zero-order valence-corrected chi connectivity index (χ0v) is 13.8. The van der Waals surface area contributed by atoms with Crippen LogP contribution in [0.3, 0.4) is 0 Å². The second kappa shape index (κ2) is 6.76. The van der Waals surface area contributed by atoms with Crippen LogP contribution in [0, 0.1) is 5.82 Å². The van der Waals surface area contributed by atoms with E-state index in [1.165, 1.54) is 12.1 Å². The van der Waals surface area contributed by atoms with Gasteiger partial charge in [-0.2, -0.15) is 0 Å². The fraction of sp³-hybridized carbons (Fsp3) is 0. The summed E-state index contributed by atoms with van der Waals surface area (Å²) in [5.41, 5.74) is 3.34. The third kappa shape index (κ3) is 3.05. The van der Waals surface area contributed by atoms with Gasteiger partial charge in [0.25, 0.3) is 5.56 Å². The van der Waals surface area contributed by atoms with Crippen LogP contribution in [-0.4, -0.2) is 9.55 Å². The van der Waals surface area contributed by atoms with Gasteiger partial charge in [0.2, 0.25) is 0 Å². The van der Waals surface area contributed by atoms with Gasteiger partial charge in [-0.05, 0) is 48.0 Å². The van der Waals surface area contributed by atoms with Gasteiger partial charge in [-0.25, -0.2) is 4.39 Å². The van der Waals surface area contributed by atoms with Gasteiger partial charge in [0.05, 0.1) is 5.69 Å². The van der Waals surface area contributed by atoms with Crippen molar-refractivity contribution in [1.82, 2.24) is 9.55 Å². The Kier molecular flexibility index (Phi) is 4.15. The van der Waals surface area contributed by atoms with Crippen molar-refractivity contribution in [2.45, 2.75) is 0 Å². The number of hydrogen-bond acceptors (Lipinski definition) is 2. The van der Waals surface area contributed by atoms with Crippen molar-refractivity contribution in [2.24, 2.45) is 0 Å². The average molecular weight is 342 g/mol. The van der Waals surface area contributed by atoms with Gasteiger partial charge >= 0.3 is 0 Å². The maximum Gasteiger partial charge on any atom is 0.262 e. The maximum atomic E-state index is 13.3. The molecule has 0 bridgehead atoms. The molecule has 4 heteroatoms. The molecule has 0 unspecified atom stereocenters. The summed E-state index contributed by atoms with van der Waals surface area (Å²) < 4.78 is 14.9. The number of hydrogen-bond donors (Lipinski definition) is 0. The molecule has 0 radical (unpaired) electrons. The van der Waals surface area contributed by atoms with Crippen LogP contribution >= 0.6 is 0 Å². The third-order valence-electron chi connectivity index (χ3n) is 4.17. The van der Waals surface area contributed by atoms with E-state index < -0.39 is 0 Å². The highest BCUT2D eigenvalue weighted by Crippen LogP contribution is 2.24. The lowest BCUT2D eigenvalue weighted by Gasteiger charge is -2.12. The summed E-state index contributed by atoms with van der Waals surface area (Å²) in [7, 11) is 0. The fourth-order valence-corrected chi connectivity index (χ4v) is 2.87. The zero-order valence-electron chi connectivity index (χ0n) is 13.8. The summed E-state index contributed by atoms with van der Waals surface area (Å²) in [5.74, 6) is -0.335. The maximum absolute atomic E-state index is 13.3. The highest BCUT2D eigenvalue weighted by molar-refractivity contribution is 5.70. The van der Waals surface area contributed by atoms with E-state index >= 15 is 0 Å². The minimum Gasteiger partial charge on any atom is -0.283 e. The molecule has 0 fully saturated rings. The topological polar surface area (TPSA) is 34.9 Å². The molecule has 2 aromatic heterocycles. The number of pyridine rings is 2. The molecule has 4 aromatic rings. The normalized spacial score (nSPS) is 10.7. The van der Waals surface area contributed by atoms with Crippen LogP contribution in [0.2, 0.25) is 0 Å². The summed E-state index contributed by atoms with van der Waals surface area (Å²) in [6, 6.07) is 22.8. The van der Waals surface area contributed by atoms with Crippen LogP contribution in [-0.2, 0) is 0 Å². The van der Waals surface area contributed by atoms with Gasteiger partial charge in [-0.3, -0.25) is 14.3 Å². The lowest BCUT2D eigenvalue weighted by molar-refractivity contribution is 0.628. The summed E-state index contributed by atoms with van der Waals surface area (Å²) in [6.07, 6.45) is 3.50. The molecule has 4 rings (SSSR count). The van der Waals surface area contributed by atoms with Crippen LogP contribution in [0.4, 0.5) is 4.39 Å². The van der Waals surface area contributed by atoms with E-state index in [-0.39, 0.29) is 11.4 Å². The molecular weight excluding hydrogens is 327 g/mol. The molecule has 2 aromatic carbocycles. The molecule has 0 aliphatic carbocycles. The van der Waals surface area contributed by atoms with E-state index in [1.54, 1.807) is 35.2 Å². The second-order valence-corrected chi connectivity index (χ2v) is 5.88. The van der Waals surface area contributed by atoms with Crippen LogP contribution < -0.4 is 5.56 Å². The van der Waals surface area contributed by atoms with E-state index in [4.69, 9.17) is 0 Å². The zero-order chi connectivity index (χ0) is 17.9. The number of para-hydroxylation sites is 1. The Bertz CT molecular complexity index is 1090. The Morgan fingerprint density at radius 1 is 0.808 bits per heavy atom. The number of halogens is 1.